The average Bonchev–Trinajstić information content (AvgIpc) is 2.63. The maximum atomic E-state index is 11.8. The van der Waals surface area contributed by atoms with Crippen molar-refractivity contribution in [2.75, 3.05) is 13.2 Å². The summed E-state index contributed by atoms with van der Waals surface area (Å²) < 4.78 is 0.713. The second-order valence-corrected chi connectivity index (χ2v) is 7.29. The molecule has 0 radical (unpaired) electrons. The molecule has 0 unspecified atom stereocenters. The molecule has 0 spiro atoms. The number of hydrogen-bond donors (Lipinski definition) is 3. The van der Waals surface area contributed by atoms with E-state index in [9.17, 15) is 4.79 Å². The van der Waals surface area contributed by atoms with Crippen LogP contribution in [0.5, 0.6) is 0 Å². The second-order valence-electron chi connectivity index (χ2n) is 5.52. The molecule has 0 fully saturated rings. The molecule has 1 rings (SSSR count). The quantitative estimate of drug-likeness (QED) is 0.536. The van der Waals surface area contributed by atoms with Crippen LogP contribution >= 0.6 is 23.6 Å². The van der Waals surface area contributed by atoms with Gasteiger partial charge in [-0.05, 0) is 37.4 Å². The Labute approximate surface area is 123 Å². The fraction of sp³-hybridized carbons (Fsp3) is 0.692. The summed E-state index contributed by atoms with van der Waals surface area (Å²) in [6, 6.07) is 0. The molecule has 0 aliphatic rings. The van der Waals surface area contributed by atoms with Crippen LogP contribution in [-0.2, 0) is 11.2 Å². The van der Waals surface area contributed by atoms with Gasteiger partial charge in [0.05, 0.1) is 6.42 Å². The molecular weight excluding hydrogens is 280 g/mol. The standard InChI is InChI=1S/C13H22N2O2S2/c1-9-10(19-12(18)15-9)7-11(17)14-6-4-5-13(2,3)8-16/h16H,4-8H2,1-3H3,(H,14,17)(H,15,18). The van der Waals surface area contributed by atoms with E-state index in [0.717, 1.165) is 23.4 Å². The van der Waals surface area contributed by atoms with Crippen molar-refractivity contribution in [3.63, 3.8) is 0 Å². The minimum Gasteiger partial charge on any atom is -0.396 e. The normalized spacial score (nSPS) is 11.6. The summed E-state index contributed by atoms with van der Waals surface area (Å²) in [5, 5.41) is 12.0. The fourth-order valence-corrected chi connectivity index (χ4v) is 2.98. The van der Waals surface area contributed by atoms with Crippen molar-refractivity contribution in [1.82, 2.24) is 10.3 Å². The Morgan fingerprint density at radius 3 is 2.74 bits per heavy atom. The Morgan fingerprint density at radius 2 is 2.21 bits per heavy atom. The van der Waals surface area contributed by atoms with Crippen LogP contribution in [-0.4, -0.2) is 29.1 Å². The van der Waals surface area contributed by atoms with Crippen LogP contribution in [0, 0.1) is 16.3 Å². The van der Waals surface area contributed by atoms with Gasteiger partial charge in [-0.3, -0.25) is 4.79 Å². The third-order valence-corrected chi connectivity index (χ3v) is 4.36. The first-order valence-electron chi connectivity index (χ1n) is 6.40. The largest absolute Gasteiger partial charge is 0.396 e. The highest BCUT2D eigenvalue weighted by Gasteiger charge is 2.15. The highest BCUT2D eigenvalue weighted by molar-refractivity contribution is 7.73. The van der Waals surface area contributed by atoms with Gasteiger partial charge < -0.3 is 15.4 Å². The Balaban J connectivity index is 2.29. The molecular formula is C13H22N2O2S2. The highest BCUT2D eigenvalue weighted by atomic mass is 32.1. The number of aromatic amines is 1. The number of aliphatic hydroxyl groups excluding tert-OH is 1. The van der Waals surface area contributed by atoms with Gasteiger partial charge in [0.15, 0.2) is 3.95 Å². The van der Waals surface area contributed by atoms with Crippen LogP contribution in [0.4, 0.5) is 0 Å². The molecule has 108 valence electrons. The number of thiazole rings is 1. The number of nitrogens with one attached hydrogen (secondary N) is 2. The molecule has 1 amide bonds. The molecule has 0 aliphatic heterocycles. The van der Waals surface area contributed by atoms with Crippen molar-refractivity contribution in [2.45, 2.75) is 40.0 Å². The minimum atomic E-state index is -0.0682. The fourth-order valence-electron chi connectivity index (χ4n) is 1.69. The van der Waals surface area contributed by atoms with Crippen molar-refractivity contribution in [3.05, 3.63) is 14.5 Å². The lowest BCUT2D eigenvalue weighted by atomic mass is 9.89. The number of hydrogen-bond acceptors (Lipinski definition) is 4. The van der Waals surface area contributed by atoms with Gasteiger partial charge in [-0.15, -0.1) is 11.3 Å². The Hall–Kier alpha value is -0.720. The predicted molar refractivity (Wildman–Crippen MR) is 81.1 cm³/mol. The van der Waals surface area contributed by atoms with E-state index in [1.807, 2.05) is 20.8 Å². The smallest absolute Gasteiger partial charge is 0.225 e. The number of carbonyl (C=O) groups is 1. The average molecular weight is 302 g/mol. The molecule has 0 aliphatic carbocycles. The second kappa shape index (κ2) is 7.17. The molecule has 1 aromatic heterocycles. The lowest BCUT2D eigenvalue weighted by molar-refractivity contribution is -0.120. The van der Waals surface area contributed by atoms with E-state index in [1.165, 1.54) is 11.3 Å². The number of aryl methyl sites for hydroxylation is 1. The van der Waals surface area contributed by atoms with E-state index in [2.05, 4.69) is 10.3 Å². The van der Waals surface area contributed by atoms with Crippen LogP contribution in [0.15, 0.2) is 0 Å². The van der Waals surface area contributed by atoms with E-state index < -0.39 is 0 Å². The lowest BCUT2D eigenvalue weighted by Gasteiger charge is -2.21. The summed E-state index contributed by atoms with van der Waals surface area (Å²) in [7, 11) is 0. The SMILES string of the molecule is Cc1[nH]c(=S)sc1CC(=O)NCCCC(C)(C)CO. The molecule has 0 saturated carbocycles. The minimum absolute atomic E-state index is 0.0233. The van der Waals surface area contributed by atoms with Gasteiger partial charge in [-0.25, -0.2) is 0 Å². The van der Waals surface area contributed by atoms with Crippen molar-refractivity contribution in [3.8, 4) is 0 Å². The maximum absolute atomic E-state index is 11.8. The zero-order valence-corrected chi connectivity index (χ0v) is 13.3. The molecule has 0 aromatic carbocycles. The first kappa shape index (κ1) is 16.3. The molecule has 4 nitrogen and oxygen atoms in total. The Bertz CT molecular complexity index is 477. The summed E-state index contributed by atoms with van der Waals surface area (Å²) in [5.41, 5.74) is 0.910. The topological polar surface area (TPSA) is 65.1 Å². The first-order chi connectivity index (χ1) is 8.84. The van der Waals surface area contributed by atoms with Crippen LogP contribution in [0.2, 0.25) is 0 Å². The van der Waals surface area contributed by atoms with Crippen molar-refractivity contribution >= 4 is 29.5 Å². The molecule has 3 N–H and O–H groups in total. The van der Waals surface area contributed by atoms with Gasteiger partial charge in [0.2, 0.25) is 5.91 Å². The summed E-state index contributed by atoms with van der Waals surface area (Å²) in [5.74, 6) is 0.0233. The third-order valence-electron chi connectivity index (χ3n) is 3.03. The van der Waals surface area contributed by atoms with Gasteiger partial charge in [0, 0.05) is 23.7 Å². The Morgan fingerprint density at radius 1 is 1.53 bits per heavy atom. The van der Waals surface area contributed by atoms with Gasteiger partial charge in [-0.2, -0.15) is 0 Å². The summed E-state index contributed by atoms with van der Waals surface area (Å²) in [6.07, 6.45) is 2.15. The zero-order chi connectivity index (χ0) is 14.5. The lowest BCUT2D eigenvalue weighted by Crippen LogP contribution is -2.27. The number of H-pyrrole nitrogens is 1. The number of aromatic nitrogens is 1. The third kappa shape index (κ3) is 5.84. The Kier molecular flexibility index (Phi) is 6.16. The monoisotopic (exact) mass is 302 g/mol. The van der Waals surface area contributed by atoms with Crippen molar-refractivity contribution in [1.29, 1.82) is 0 Å². The molecule has 0 bridgehead atoms. The van der Waals surface area contributed by atoms with Crippen LogP contribution in [0.25, 0.3) is 0 Å². The van der Waals surface area contributed by atoms with E-state index >= 15 is 0 Å². The zero-order valence-electron chi connectivity index (χ0n) is 11.7. The van der Waals surface area contributed by atoms with E-state index in [0.29, 0.717) is 16.9 Å². The number of carbonyl (C=O) groups excluding carboxylic acids is 1. The van der Waals surface area contributed by atoms with Gasteiger partial charge >= 0.3 is 0 Å². The number of aliphatic hydroxyl groups is 1. The predicted octanol–water partition coefficient (Wildman–Crippen LogP) is 2.57. The van der Waals surface area contributed by atoms with Gasteiger partial charge in [0.25, 0.3) is 0 Å². The molecule has 19 heavy (non-hydrogen) atoms. The van der Waals surface area contributed by atoms with Crippen molar-refractivity contribution < 1.29 is 9.90 Å². The van der Waals surface area contributed by atoms with Crippen molar-refractivity contribution in [2.24, 2.45) is 5.41 Å². The van der Waals surface area contributed by atoms with Crippen LogP contribution in [0.3, 0.4) is 0 Å². The summed E-state index contributed by atoms with van der Waals surface area (Å²) in [6.45, 7) is 6.79. The highest BCUT2D eigenvalue weighted by Crippen LogP contribution is 2.20. The molecule has 0 saturated heterocycles. The number of rotatable bonds is 7. The first-order valence-corrected chi connectivity index (χ1v) is 7.63. The molecule has 6 heteroatoms. The van der Waals surface area contributed by atoms with Crippen LogP contribution in [0.1, 0.15) is 37.3 Å². The van der Waals surface area contributed by atoms with E-state index in [1.54, 1.807) is 0 Å². The maximum Gasteiger partial charge on any atom is 0.225 e. The molecule has 1 aromatic rings. The van der Waals surface area contributed by atoms with Crippen LogP contribution < -0.4 is 5.32 Å². The molecule has 0 atom stereocenters. The van der Waals surface area contributed by atoms with E-state index in [-0.39, 0.29) is 17.9 Å². The number of amides is 1. The van der Waals surface area contributed by atoms with Gasteiger partial charge in [-0.1, -0.05) is 13.8 Å². The molecule has 1 heterocycles. The van der Waals surface area contributed by atoms with Gasteiger partial charge in [0.1, 0.15) is 0 Å². The summed E-state index contributed by atoms with van der Waals surface area (Å²) in [4.78, 5) is 15.8. The summed E-state index contributed by atoms with van der Waals surface area (Å²) >= 11 is 6.50. The van der Waals surface area contributed by atoms with E-state index in [4.69, 9.17) is 17.3 Å².